The predicted octanol–water partition coefficient (Wildman–Crippen LogP) is -2.46. The molecule has 4 heteroatoms. The Labute approximate surface area is 126 Å². The van der Waals surface area contributed by atoms with Gasteiger partial charge in [-0.3, -0.25) is 0 Å². The summed E-state index contributed by atoms with van der Waals surface area (Å²) in [5.74, 6) is 0.476. The van der Waals surface area contributed by atoms with Crippen LogP contribution in [-0.2, 0) is 9.47 Å². The molecule has 1 aliphatic heterocycles. The molecule has 3 nitrogen and oxygen atoms in total. The van der Waals surface area contributed by atoms with Crippen LogP contribution < -0.4 is 68.9 Å². The fourth-order valence-corrected chi connectivity index (χ4v) is 0.928. The van der Waals surface area contributed by atoms with E-state index < -0.39 is 0 Å². The fraction of sp³-hybridized carbons (Fsp3) is 0.857. The average molecular weight is 278 g/mol. The third-order valence-electron chi connectivity index (χ3n) is 1.42. The second-order valence-corrected chi connectivity index (χ2v) is 2.51. The minimum atomic E-state index is -0.123. The van der Waals surface area contributed by atoms with Gasteiger partial charge in [0.15, 0.2) is 0 Å². The molecular weight excluding hydrogens is 265 g/mol. The Balaban J connectivity index is 0.000001000. The molecule has 1 fully saturated rings. The average Bonchev–Trinajstić information content (AvgIpc) is 2.31. The minimum Gasteiger partial charge on any atom is -0.529 e. The van der Waals surface area contributed by atoms with Crippen LogP contribution in [0.25, 0.3) is 0 Å². The van der Waals surface area contributed by atoms with E-state index >= 15 is 0 Å². The maximum atomic E-state index is 8.40. The van der Waals surface area contributed by atoms with Gasteiger partial charge in [-0.25, -0.2) is 6.61 Å². The van der Waals surface area contributed by atoms with E-state index in [1.807, 2.05) is 0 Å². The van der Waals surface area contributed by atoms with Gasteiger partial charge in [-0.1, -0.05) is 6.92 Å². The molecule has 11 heavy (non-hydrogen) atoms. The van der Waals surface area contributed by atoms with Crippen molar-refractivity contribution < 1.29 is 83.5 Å². The van der Waals surface area contributed by atoms with E-state index in [2.05, 4.69) is 6.92 Å². The molecule has 2 atom stereocenters. The summed E-state index contributed by atoms with van der Waals surface area (Å²) in [6.45, 7) is 4.28. The monoisotopic (exact) mass is 278 g/mol. The first-order valence-corrected chi connectivity index (χ1v) is 3.54. The second kappa shape index (κ2) is 7.35. The summed E-state index contributed by atoms with van der Waals surface area (Å²) in [7, 11) is 0. The Bertz CT molecular complexity index is 99.7. The van der Waals surface area contributed by atoms with Crippen molar-refractivity contribution in [3.05, 3.63) is 6.61 Å². The van der Waals surface area contributed by atoms with Crippen LogP contribution in [0.1, 0.15) is 13.3 Å². The van der Waals surface area contributed by atoms with Crippen LogP contribution >= 0.6 is 0 Å². The summed E-state index contributed by atoms with van der Waals surface area (Å²) in [6.07, 6.45) is 0.780. The van der Waals surface area contributed by atoms with Crippen molar-refractivity contribution in [3.63, 3.8) is 0 Å². The number of ether oxygens (including phenoxy) is 2. The smallest absolute Gasteiger partial charge is 0.529 e. The van der Waals surface area contributed by atoms with Crippen molar-refractivity contribution >= 4 is 0 Å². The number of hydrogen-bond donors (Lipinski definition) is 1. The summed E-state index contributed by atoms with van der Waals surface area (Å²) in [5.41, 5.74) is 0. The summed E-state index contributed by atoms with van der Waals surface area (Å²) >= 11 is 0. The standard InChI is InChI=1S/C7H13O3.Cs/c1-6-4-7(10-5-6)9-3-2-8;/h5-8H,2-4H2,1H3;/q-1;+1/t6-,7?;/m1./s1. The van der Waals surface area contributed by atoms with E-state index in [-0.39, 0.29) is 81.8 Å². The molecule has 1 rings (SSSR count). The number of aliphatic hydroxyl groups is 1. The molecule has 0 aromatic carbocycles. The molecule has 1 heterocycles. The molecule has 1 unspecified atom stereocenters. The topological polar surface area (TPSA) is 38.7 Å². The summed E-state index contributed by atoms with van der Waals surface area (Å²) in [4.78, 5) is 0. The van der Waals surface area contributed by atoms with Crippen LogP contribution in [0.4, 0.5) is 0 Å². The molecule has 0 aromatic heterocycles. The molecule has 1 N–H and O–H groups in total. The van der Waals surface area contributed by atoms with Crippen molar-refractivity contribution in [1.29, 1.82) is 0 Å². The molecule has 1 saturated heterocycles. The molecule has 0 radical (unpaired) electrons. The van der Waals surface area contributed by atoms with Gasteiger partial charge in [-0.05, 0) is 6.42 Å². The molecule has 0 saturated carbocycles. The Hall–Kier alpha value is 1.93. The molecule has 0 aromatic rings. The first kappa shape index (κ1) is 12.9. The van der Waals surface area contributed by atoms with Crippen LogP contribution in [0.15, 0.2) is 0 Å². The Morgan fingerprint density at radius 1 is 1.73 bits per heavy atom. The van der Waals surface area contributed by atoms with Gasteiger partial charge in [0.1, 0.15) is 6.29 Å². The third-order valence-corrected chi connectivity index (χ3v) is 1.42. The molecule has 0 amide bonds. The van der Waals surface area contributed by atoms with Crippen LogP contribution in [0.2, 0.25) is 0 Å². The molecule has 0 spiro atoms. The van der Waals surface area contributed by atoms with Crippen LogP contribution in [0.5, 0.6) is 0 Å². The molecule has 0 aliphatic carbocycles. The first-order chi connectivity index (χ1) is 4.83. The summed E-state index contributed by atoms with van der Waals surface area (Å²) < 4.78 is 10.2. The Morgan fingerprint density at radius 2 is 2.45 bits per heavy atom. The summed E-state index contributed by atoms with van der Waals surface area (Å²) in [5, 5.41) is 8.40. The van der Waals surface area contributed by atoms with E-state index in [0.29, 0.717) is 12.5 Å². The van der Waals surface area contributed by atoms with E-state index in [4.69, 9.17) is 14.6 Å². The predicted molar refractivity (Wildman–Crippen MR) is 36.0 cm³/mol. The van der Waals surface area contributed by atoms with Gasteiger partial charge in [0.05, 0.1) is 13.2 Å². The van der Waals surface area contributed by atoms with Crippen molar-refractivity contribution in [2.75, 3.05) is 13.2 Å². The van der Waals surface area contributed by atoms with Gasteiger partial charge in [0.2, 0.25) is 0 Å². The third kappa shape index (κ3) is 5.28. The van der Waals surface area contributed by atoms with Crippen molar-refractivity contribution in [1.82, 2.24) is 0 Å². The zero-order chi connectivity index (χ0) is 7.40. The fourth-order valence-electron chi connectivity index (χ4n) is 0.928. The largest absolute Gasteiger partial charge is 1.00 e. The normalized spacial score (nSPS) is 30.0. The van der Waals surface area contributed by atoms with E-state index in [9.17, 15) is 0 Å². The Kier molecular flexibility index (Phi) is 8.64. The minimum absolute atomic E-state index is 0. The van der Waals surface area contributed by atoms with Gasteiger partial charge in [0.25, 0.3) is 0 Å². The van der Waals surface area contributed by atoms with Gasteiger partial charge >= 0.3 is 68.9 Å². The van der Waals surface area contributed by atoms with E-state index in [0.717, 1.165) is 6.42 Å². The van der Waals surface area contributed by atoms with Crippen LogP contribution in [-0.4, -0.2) is 24.6 Å². The van der Waals surface area contributed by atoms with E-state index in [1.165, 1.54) is 0 Å². The van der Waals surface area contributed by atoms with Gasteiger partial charge < -0.3 is 14.6 Å². The van der Waals surface area contributed by atoms with Crippen molar-refractivity contribution in [2.45, 2.75) is 19.6 Å². The molecule has 60 valence electrons. The van der Waals surface area contributed by atoms with Gasteiger partial charge in [-0.2, -0.15) is 0 Å². The Morgan fingerprint density at radius 3 is 2.91 bits per heavy atom. The zero-order valence-corrected chi connectivity index (χ0v) is 13.4. The van der Waals surface area contributed by atoms with Crippen molar-refractivity contribution in [2.24, 2.45) is 5.92 Å². The molecule has 0 bridgehead atoms. The SMILES string of the molecule is C[C@H]1[CH-]OC(OCCO)C1.[Cs+]. The maximum Gasteiger partial charge on any atom is 1.00 e. The van der Waals surface area contributed by atoms with Crippen molar-refractivity contribution in [3.8, 4) is 0 Å². The number of aliphatic hydroxyl groups excluding tert-OH is 1. The number of rotatable bonds is 3. The first-order valence-electron chi connectivity index (χ1n) is 3.54. The quantitative estimate of drug-likeness (QED) is 0.582. The molecule has 1 aliphatic rings. The number of hydrogen-bond acceptors (Lipinski definition) is 3. The maximum absolute atomic E-state index is 8.40. The molecular formula is C7H13CsO3. The van der Waals surface area contributed by atoms with Crippen LogP contribution in [0.3, 0.4) is 0 Å². The van der Waals surface area contributed by atoms with E-state index in [1.54, 1.807) is 6.61 Å². The van der Waals surface area contributed by atoms with Gasteiger partial charge in [-0.15, -0.1) is 5.92 Å². The second-order valence-electron chi connectivity index (χ2n) is 2.51. The zero-order valence-electron chi connectivity index (χ0n) is 7.12. The summed E-state index contributed by atoms with van der Waals surface area (Å²) in [6, 6.07) is 0. The van der Waals surface area contributed by atoms with Gasteiger partial charge in [0, 0.05) is 0 Å². The van der Waals surface area contributed by atoms with Crippen LogP contribution in [0, 0.1) is 12.5 Å².